The van der Waals surface area contributed by atoms with Crippen LogP contribution in [0.1, 0.15) is 6.42 Å². The van der Waals surface area contributed by atoms with Crippen molar-refractivity contribution >= 4 is 38.4 Å². The lowest BCUT2D eigenvalue weighted by atomic mass is 10.0. The Labute approximate surface area is 229 Å². The number of ether oxygens (including phenoxy) is 2. The predicted molar refractivity (Wildman–Crippen MR) is 148 cm³/mol. The molecule has 0 atom stereocenters. The van der Waals surface area contributed by atoms with Gasteiger partial charge in [-0.3, -0.25) is 9.11 Å². The van der Waals surface area contributed by atoms with Crippen molar-refractivity contribution in [3.63, 3.8) is 0 Å². The number of hydrogen-bond donors (Lipinski definition) is 2. The van der Waals surface area contributed by atoms with Crippen LogP contribution in [-0.2, 0) is 14.8 Å². The van der Waals surface area contributed by atoms with Crippen molar-refractivity contribution in [1.82, 2.24) is 19.9 Å². The first kappa shape index (κ1) is 27.4. The van der Waals surface area contributed by atoms with E-state index < -0.39 is 28.3 Å². The molecule has 0 amide bonds. The Morgan fingerprint density at radius 2 is 1.88 bits per heavy atom. The van der Waals surface area contributed by atoms with Crippen LogP contribution < -0.4 is 20.1 Å². The van der Waals surface area contributed by atoms with E-state index in [-0.39, 0.29) is 23.6 Å². The average Bonchev–Trinajstić information content (AvgIpc) is 2.97. The lowest BCUT2D eigenvalue weighted by molar-refractivity contribution is 0.122. The number of nitrogen functional groups attached to an aromatic ring is 1. The van der Waals surface area contributed by atoms with Crippen LogP contribution >= 0.6 is 0 Å². The minimum atomic E-state index is -3.93. The first-order valence-corrected chi connectivity index (χ1v) is 14.1. The van der Waals surface area contributed by atoms with Crippen LogP contribution in [0, 0.1) is 5.82 Å². The van der Waals surface area contributed by atoms with Gasteiger partial charge in [0.05, 0.1) is 44.0 Å². The highest BCUT2D eigenvalue weighted by Gasteiger charge is 2.23. The second-order valence-corrected chi connectivity index (χ2v) is 10.8. The third-order valence-electron chi connectivity index (χ3n) is 6.33. The van der Waals surface area contributed by atoms with E-state index in [1.165, 1.54) is 37.7 Å². The summed E-state index contributed by atoms with van der Waals surface area (Å²) in [6, 6.07) is 7.75. The van der Waals surface area contributed by atoms with Gasteiger partial charge < -0.3 is 20.1 Å². The molecule has 1 fully saturated rings. The van der Waals surface area contributed by atoms with Gasteiger partial charge in [-0.2, -0.15) is 0 Å². The number of anilines is 3. The van der Waals surface area contributed by atoms with Gasteiger partial charge in [-0.05, 0) is 30.2 Å². The zero-order valence-corrected chi connectivity index (χ0v) is 22.4. The van der Waals surface area contributed by atoms with Crippen molar-refractivity contribution in [2.45, 2.75) is 6.42 Å². The molecule has 11 nitrogen and oxygen atoms in total. The van der Waals surface area contributed by atoms with Gasteiger partial charge in [0.25, 0.3) is 0 Å². The van der Waals surface area contributed by atoms with E-state index in [1.807, 2.05) is 4.90 Å². The molecular formula is C26H27F2N7O4S. The van der Waals surface area contributed by atoms with Crippen LogP contribution in [-0.4, -0.2) is 74.2 Å². The Balaban J connectivity index is 1.66. The summed E-state index contributed by atoms with van der Waals surface area (Å²) < 4.78 is 66.3. The molecule has 40 heavy (non-hydrogen) atoms. The Bertz CT molecular complexity index is 1630. The fourth-order valence-corrected chi connectivity index (χ4v) is 5.48. The maximum atomic E-state index is 15.7. The highest BCUT2D eigenvalue weighted by atomic mass is 32.2. The summed E-state index contributed by atoms with van der Waals surface area (Å²) in [6.45, 7) is 1.35. The maximum Gasteiger partial charge on any atom is 0.232 e. The Kier molecular flexibility index (Phi) is 7.89. The molecule has 0 unspecified atom stereocenters. The first-order valence-electron chi connectivity index (χ1n) is 12.5. The molecule has 2 aromatic carbocycles. The van der Waals surface area contributed by atoms with Crippen LogP contribution in [0.5, 0.6) is 5.75 Å². The molecule has 0 radical (unpaired) electrons. The molecule has 4 aromatic rings. The van der Waals surface area contributed by atoms with Gasteiger partial charge in [0, 0.05) is 36.4 Å². The summed E-state index contributed by atoms with van der Waals surface area (Å²) in [5, 5.41) is 0.602. The summed E-state index contributed by atoms with van der Waals surface area (Å²) in [5.41, 5.74) is 7.01. The SMILES string of the molecule is COc1cc(-c2cccc(NS(=O)(=O)CCCF)c2F)cc2c(N3CCOCC3)nc(-c3cnc(N)nc3)nc12. The zero-order valence-electron chi connectivity index (χ0n) is 21.6. The Morgan fingerprint density at radius 3 is 2.58 bits per heavy atom. The number of nitrogens with one attached hydrogen (secondary N) is 1. The molecule has 1 saturated heterocycles. The number of alkyl halides is 1. The van der Waals surface area contributed by atoms with E-state index in [2.05, 4.69) is 14.7 Å². The number of sulfonamides is 1. The second-order valence-electron chi connectivity index (χ2n) is 9.01. The number of nitrogens with two attached hydrogens (primary N) is 1. The van der Waals surface area contributed by atoms with Gasteiger partial charge in [-0.25, -0.2) is 32.7 Å². The lowest BCUT2D eigenvalue weighted by Gasteiger charge is -2.29. The second kappa shape index (κ2) is 11.5. The minimum Gasteiger partial charge on any atom is -0.494 e. The summed E-state index contributed by atoms with van der Waals surface area (Å²) in [5.74, 6) is 0.180. The fourth-order valence-electron chi connectivity index (χ4n) is 4.39. The van der Waals surface area contributed by atoms with Gasteiger partial charge in [-0.1, -0.05) is 12.1 Å². The molecule has 210 valence electrons. The Hall–Kier alpha value is -4.17. The number of nitrogens with zero attached hydrogens (tertiary/aromatic N) is 5. The van der Waals surface area contributed by atoms with Crippen LogP contribution in [0.3, 0.4) is 0 Å². The summed E-state index contributed by atoms with van der Waals surface area (Å²) in [6.07, 6.45) is 2.87. The summed E-state index contributed by atoms with van der Waals surface area (Å²) >= 11 is 0. The third-order valence-corrected chi connectivity index (χ3v) is 7.68. The van der Waals surface area contributed by atoms with Gasteiger partial charge >= 0.3 is 0 Å². The average molecular weight is 572 g/mol. The molecule has 0 saturated carbocycles. The molecule has 5 rings (SSSR count). The number of methoxy groups -OCH3 is 1. The monoisotopic (exact) mass is 571 g/mol. The fraction of sp³-hybridized carbons (Fsp3) is 0.308. The molecular weight excluding hydrogens is 544 g/mol. The van der Waals surface area contributed by atoms with Gasteiger partial charge in [0.1, 0.15) is 17.1 Å². The zero-order chi connectivity index (χ0) is 28.3. The van der Waals surface area contributed by atoms with Crippen LogP contribution in [0.4, 0.5) is 26.2 Å². The number of rotatable bonds is 9. The lowest BCUT2D eigenvalue weighted by Crippen LogP contribution is -2.37. The summed E-state index contributed by atoms with van der Waals surface area (Å²) in [7, 11) is -2.45. The van der Waals surface area contributed by atoms with E-state index >= 15 is 4.39 Å². The molecule has 3 heterocycles. The quantitative estimate of drug-likeness (QED) is 0.306. The first-order chi connectivity index (χ1) is 19.3. The number of aromatic nitrogens is 4. The molecule has 0 spiro atoms. The number of halogens is 2. The van der Waals surface area contributed by atoms with Gasteiger partial charge in [-0.15, -0.1) is 0 Å². The largest absolute Gasteiger partial charge is 0.494 e. The number of fused-ring (bicyclic) bond motifs is 1. The van der Waals surface area contributed by atoms with Crippen LogP contribution in [0.25, 0.3) is 33.4 Å². The Morgan fingerprint density at radius 1 is 1.12 bits per heavy atom. The van der Waals surface area contributed by atoms with Crippen molar-refractivity contribution < 1.29 is 26.7 Å². The highest BCUT2D eigenvalue weighted by molar-refractivity contribution is 7.92. The molecule has 0 bridgehead atoms. The van der Waals surface area contributed by atoms with E-state index in [0.717, 1.165) is 0 Å². The van der Waals surface area contributed by atoms with E-state index in [0.29, 0.717) is 65.7 Å². The number of morpholine rings is 1. The standard InChI is InChI=1S/C26H27F2N7O4S/c1-38-21-13-16(18-4-2-5-20(22(18)28)34-40(36,37)11-3-6-27)12-19-23(21)32-24(17-14-30-26(29)31-15-17)33-25(19)35-7-9-39-10-8-35/h2,4-5,12-15,34H,3,6-11H2,1H3,(H2,29,30,31). The predicted octanol–water partition coefficient (Wildman–Crippen LogP) is 3.42. The minimum absolute atomic E-state index is 0.120. The molecule has 3 N–H and O–H groups in total. The van der Waals surface area contributed by atoms with Crippen molar-refractivity contribution in [2.75, 3.05) is 61.2 Å². The normalized spacial score (nSPS) is 13.9. The van der Waals surface area contributed by atoms with E-state index in [9.17, 15) is 12.8 Å². The molecule has 0 aliphatic carbocycles. The number of hydrogen-bond acceptors (Lipinski definition) is 10. The van der Waals surface area contributed by atoms with Crippen LogP contribution in [0.2, 0.25) is 0 Å². The maximum absolute atomic E-state index is 15.7. The van der Waals surface area contributed by atoms with Crippen molar-refractivity contribution in [3.8, 4) is 28.3 Å². The van der Waals surface area contributed by atoms with Crippen molar-refractivity contribution in [1.29, 1.82) is 0 Å². The summed E-state index contributed by atoms with van der Waals surface area (Å²) in [4.78, 5) is 19.7. The molecule has 1 aliphatic heterocycles. The molecule has 14 heteroatoms. The van der Waals surface area contributed by atoms with Crippen molar-refractivity contribution in [3.05, 3.63) is 48.5 Å². The highest BCUT2D eigenvalue weighted by Crippen LogP contribution is 2.39. The smallest absolute Gasteiger partial charge is 0.232 e. The van der Waals surface area contributed by atoms with E-state index in [4.69, 9.17) is 25.2 Å². The third kappa shape index (κ3) is 5.72. The van der Waals surface area contributed by atoms with Crippen LogP contribution in [0.15, 0.2) is 42.7 Å². The van der Waals surface area contributed by atoms with Gasteiger partial charge in [0.2, 0.25) is 16.0 Å². The topological polar surface area (TPSA) is 145 Å². The molecule has 2 aromatic heterocycles. The molecule has 1 aliphatic rings. The van der Waals surface area contributed by atoms with E-state index in [1.54, 1.807) is 12.1 Å². The van der Waals surface area contributed by atoms with Gasteiger partial charge in [0.15, 0.2) is 11.6 Å². The van der Waals surface area contributed by atoms with Crippen molar-refractivity contribution in [2.24, 2.45) is 0 Å². The number of benzene rings is 2.